The van der Waals surface area contributed by atoms with Gasteiger partial charge in [-0.25, -0.2) is 0 Å². The molecule has 0 aliphatic heterocycles. The lowest BCUT2D eigenvalue weighted by Crippen LogP contribution is -2.32. The Balaban J connectivity index is 1.89. The number of thioether (sulfide) groups is 1. The Morgan fingerprint density at radius 3 is 2.80 bits per heavy atom. The molecule has 0 spiro atoms. The Bertz CT molecular complexity index is 623. The number of aromatic amines is 1. The zero-order valence-electron chi connectivity index (χ0n) is 11.0. The van der Waals surface area contributed by atoms with E-state index >= 15 is 0 Å². The molecule has 0 unspecified atom stereocenters. The van der Waals surface area contributed by atoms with Crippen LogP contribution in [0.4, 0.5) is 5.69 Å². The minimum atomic E-state index is -0.433. The maximum atomic E-state index is 11.7. The van der Waals surface area contributed by atoms with Gasteiger partial charge < -0.3 is 10.7 Å². The van der Waals surface area contributed by atoms with Gasteiger partial charge in [0.1, 0.15) is 5.69 Å². The molecule has 0 atom stereocenters. The third kappa shape index (κ3) is 3.42. The monoisotopic (exact) mass is 289 g/mol. The number of anilines is 1. The first-order chi connectivity index (χ1) is 9.58. The number of H-pyrrole nitrogens is 1. The van der Waals surface area contributed by atoms with Crippen LogP contribution >= 0.6 is 11.8 Å². The van der Waals surface area contributed by atoms with Gasteiger partial charge >= 0.3 is 0 Å². The first-order valence-electron chi connectivity index (χ1n) is 6.03. The minimum absolute atomic E-state index is 0.139. The van der Waals surface area contributed by atoms with E-state index in [0.717, 1.165) is 10.5 Å². The Morgan fingerprint density at radius 1 is 1.30 bits per heavy atom. The average molecular weight is 289 g/mol. The van der Waals surface area contributed by atoms with Crippen molar-refractivity contribution < 1.29 is 9.59 Å². The highest BCUT2D eigenvalue weighted by molar-refractivity contribution is 8.00. The molecule has 20 heavy (non-hydrogen) atoms. The summed E-state index contributed by atoms with van der Waals surface area (Å²) in [5.41, 5.74) is 7.92. The van der Waals surface area contributed by atoms with Crippen molar-refractivity contribution in [3.8, 4) is 0 Å². The van der Waals surface area contributed by atoms with Crippen molar-refractivity contribution in [3.63, 3.8) is 0 Å². The maximum absolute atomic E-state index is 11.7. The summed E-state index contributed by atoms with van der Waals surface area (Å²) in [6.45, 7) is 1.91. The van der Waals surface area contributed by atoms with Gasteiger partial charge in [-0.15, -0.1) is 11.8 Å². The van der Waals surface area contributed by atoms with Crippen LogP contribution in [0.25, 0.3) is 0 Å². The first kappa shape index (κ1) is 14.2. The fourth-order valence-corrected chi connectivity index (χ4v) is 2.47. The summed E-state index contributed by atoms with van der Waals surface area (Å²) in [4.78, 5) is 26.9. The molecule has 6 heteroatoms. The van der Waals surface area contributed by atoms with Gasteiger partial charge in [0.2, 0.25) is 5.91 Å². The largest absolute Gasteiger partial charge is 0.398 e. The molecule has 0 saturated heterocycles. The summed E-state index contributed by atoms with van der Waals surface area (Å²) in [5.74, 6) is -0.645. The zero-order valence-corrected chi connectivity index (χ0v) is 11.8. The standard InChI is InChI=1S/C14H15N3O2S/c1-9-4-2-6-11(13(9)15)20-8-12(18)17-14(19)10-5-3-7-16-10/h2-7,16H,8,15H2,1H3,(H,17,18,19). The third-order valence-electron chi connectivity index (χ3n) is 2.74. The molecule has 2 aromatic rings. The van der Waals surface area contributed by atoms with Crippen LogP contribution in [0.3, 0.4) is 0 Å². The molecule has 0 fully saturated rings. The fourth-order valence-electron chi connectivity index (χ4n) is 1.62. The molecular formula is C14H15N3O2S. The molecule has 1 aromatic heterocycles. The van der Waals surface area contributed by atoms with Crippen molar-refractivity contribution in [1.29, 1.82) is 0 Å². The number of carbonyl (C=O) groups excluding carboxylic acids is 2. The number of hydrogen-bond donors (Lipinski definition) is 3. The van der Waals surface area contributed by atoms with Crippen molar-refractivity contribution in [2.75, 3.05) is 11.5 Å². The molecule has 1 aromatic carbocycles. The van der Waals surface area contributed by atoms with Crippen LogP contribution < -0.4 is 11.1 Å². The van der Waals surface area contributed by atoms with Gasteiger partial charge in [-0.1, -0.05) is 12.1 Å². The lowest BCUT2D eigenvalue weighted by Gasteiger charge is -2.07. The summed E-state index contributed by atoms with van der Waals surface area (Å²) < 4.78 is 0. The van der Waals surface area contributed by atoms with Crippen LogP contribution in [-0.2, 0) is 4.79 Å². The molecule has 4 N–H and O–H groups in total. The Hall–Kier alpha value is -2.21. The number of nitrogens with two attached hydrogens (primary N) is 1. The van der Waals surface area contributed by atoms with E-state index in [0.29, 0.717) is 11.4 Å². The zero-order chi connectivity index (χ0) is 14.5. The highest BCUT2D eigenvalue weighted by atomic mass is 32.2. The number of imide groups is 1. The van der Waals surface area contributed by atoms with E-state index in [1.807, 2.05) is 25.1 Å². The number of hydrogen-bond acceptors (Lipinski definition) is 4. The average Bonchev–Trinajstić information content (AvgIpc) is 2.94. The SMILES string of the molecule is Cc1cccc(SCC(=O)NC(=O)c2ccc[nH]2)c1N. The number of rotatable bonds is 4. The molecular weight excluding hydrogens is 274 g/mol. The quantitative estimate of drug-likeness (QED) is 0.593. The normalized spacial score (nSPS) is 10.2. The van der Waals surface area contributed by atoms with E-state index in [1.54, 1.807) is 18.3 Å². The molecule has 1 heterocycles. The predicted octanol–water partition coefficient (Wildman–Crippen LogP) is 1.95. The summed E-state index contributed by atoms with van der Waals surface area (Å²) in [6, 6.07) is 8.95. The molecule has 0 radical (unpaired) electrons. The van der Waals surface area contributed by atoms with Gasteiger partial charge in [0.15, 0.2) is 0 Å². The number of carbonyl (C=O) groups is 2. The summed E-state index contributed by atoms with van der Waals surface area (Å²) >= 11 is 1.31. The van der Waals surface area contributed by atoms with Crippen LogP contribution in [0.2, 0.25) is 0 Å². The number of para-hydroxylation sites is 1. The second-order valence-electron chi connectivity index (χ2n) is 4.24. The summed E-state index contributed by atoms with van der Waals surface area (Å²) in [6.07, 6.45) is 1.63. The van der Waals surface area contributed by atoms with Crippen LogP contribution in [0.15, 0.2) is 41.4 Å². The van der Waals surface area contributed by atoms with Crippen molar-refractivity contribution in [1.82, 2.24) is 10.3 Å². The Kier molecular flexibility index (Phi) is 4.47. The highest BCUT2D eigenvalue weighted by Crippen LogP contribution is 2.27. The number of amides is 2. The van der Waals surface area contributed by atoms with Gasteiger partial charge in [-0.2, -0.15) is 0 Å². The number of aryl methyl sites for hydroxylation is 1. The molecule has 2 amide bonds. The second kappa shape index (κ2) is 6.29. The number of nitrogen functional groups attached to an aromatic ring is 1. The van der Waals surface area contributed by atoms with Crippen LogP contribution in [0.1, 0.15) is 16.1 Å². The van der Waals surface area contributed by atoms with Crippen molar-refractivity contribution in [2.24, 2.45) is 0 Å². The predicted molar refractivity (Wildman–Crippen MR) is 79.6 cm³/mol. The lowest BCUT2D eigenvalue weighted by atomic mass is 10.2. The second-order valence-corrected chi connectivity index (χ2v) is 5.25. The van der Waals surface area contributed by atoms with Crippen molar-refractivity contribution >= 4 is 29.3 Å². The van der Waals surface area contributed by atoms with E-state index in [2.05, 4.69) is 10.3 Å². The minimum Gasteiger partial charge on any atom is -0.398 e. The highest BCUT2D eigenvalue weighted by Gasteiger charge is 2.12. The molecule has 0 saturated carbocycles. The molecule has 5 nitrogen and oxygen atoms in total. The fraction of sp³-hybridized carbons (Fsp3) is 0.143. The van der Waals surface area contributed by atoms with Crippen molar-refractivity contribution in [3.05, 3.63) is 47.8 Å². The van der Waals surface area contributed by atoms with Gasteiger partial charge in [0.25, 0.3) is 5.91 Å². The molecule has 0 aliphatic rings. The lowest BCUT2D eigenvalue weighted by molar-refractivity contribution is -0.117. The number of aromatic nitrogens is 1. The summed E-state index contributed by atoms with van der Waals surface area (Å²) in [5, 5.41) is 2.32. The Morgan fingerprint density at radius 2 is 2.10 bits per heavy atom. The van der Waals surface area contributed by atoms with E-state index in [9.17, 15) is 9.59 Å². The van der Waals surface area contributed by atoms with E-state index in [4.69, 9.17) is 5.73 Å². The smallest absolute Gasteiger partial charge is 0.274 e. The van der Waals surface area contributed by atoms with Gasteiger partial charge in [0.05, 0.1) is 5.75 Å². The maximum Gasteiger partial charge on any atom is 0.274 e. The first-order valence-corrected chi connectivity index (χ1v) is 7.02. The number of benzene rings is 1. The van der Waals surface area contributed by atoms with Crippen LogP contribution in [0.5, 0.6) is 0 Å². The molecule has 2 rings (SSSR count). The summed E-state index contributed by atoms with van der Waals surface area (Å²) in [7, 11) is 0. The van der Waals surface area contributed by atoms with Gasteiger partial charge in [-0.3, -0.25) is 14.9 Å². The number of nitrogens with one attached hydrogen (secondary N) is 2. The van der Waals surface area contributed by atoms with Crippen molar-refractivity contribution in [2.45, 2.75) is 11.8 Å². The molecule has 0 bridgehead atoms. The van der Waals surface area contributed by atoms with Crippen LogP contribution in [-0.4, -0.2) is 22.6 Å². The Labute approximate surface area is 120 Å². The van der Waals surface area contributed by atoms with Gasteiger partial charge in [0, 0.05) is 16.8 Å². The van der Waals surface area contributed by atoms with E-state index < -0.39 is 5.91 Å². The van der Waals surface area contributed by atoms with Gasteiger partial charge in [-0.05, 0) is 30.7 Å². The van der Waals surface area contributed by atoms with E-state index in [-0.39, 0.29) is 11.7 Å². The molecule has 104 valence electrons. The topological polar surface area (TPSA) is 88.0 Å². The molecule has 0 aliphatic carbocycles. The van der Waals surface area contributed by atoms with Crippen LogP contribution in [0, 0.1) is 6.92 Å². The third-order valence-corrected chi connectivity index (χ3v) is 3.81. The van der Waals surface area contributed by atoms with E-state index in [1.165, 1.54) is 11.8 Å².